The van der Waals surface area contributed by atoms with E-state index < -0.39 is 25.4 Å². The van der Waals surface area contributed by atoms with Gasteiger partial charge in [0.2, 0.25) is 0 Å². The van der Waals surface area contributed by atoms with Crippen LogP contribution in [0.4, 0.5) is 35.1 Å². The lowest BCUT2D eigenvalue weighted by Gasteiger charge is -2.21. The van der Waals surface area contributed by atoms with Crippen molar-refractivity contribution in [2.45, 2.75) is 25.4 Å². The minimum absolute atomic E-state index is 2.08. The second-order valence-corrected chi connectivity index (χ2v) is 1.81. The lowest BCUT2D eigenvalue weighted by molar-refractivity contribution is -0.504. The van der Waals surface area contributed by atoms with Crippen molar-refractivity contribution in [2.75, 3.05) is 0 Å². The molecule has 0 aliphatic carbocycles. The average Bonchev–Trinajstić information content (AvgIpc) is 1.79. The van der Waals surface area contributed by atoms with Crippen molar-refractivity contribution in [2.24, 2.45) is 0 Å². The standard InChI is InChI=1S/C4H2F8O2/c5-1(6)3(9,10)14-4(11,12)13-2(7)8/h1-2H. The molecule has 0 aliphatic heterocycles. The summed E-state index contributed by atoms with van der Waals surface area (Å²) in [5.41, 5.74) is 0. The van der Waals surface area contributed by atoms with Gasteiger partial charge in [-0.15, -0.1) is 8.78 Å². The van der Waals surface area contributed by atoms with Crippen molar-refractivity contribution in [3.63, 3.8) is 0 Å². The van der Waals surface area contributed by atoms with Gasteiger partial charge < -0.3 is 0 Å². The van der Waals surface area contributed by atoms with Crippen LogP contribution >= 0.6 is 0 Å². The summed E-state index contributed by atoms with van der Waals surface area (Å²) in [7, 11) is 0. The van der Waals surface area contributed by atoms with E-state index in [-0.39, 0.29) is 0 Å². The van der Waals surface area contributed by atoms with Gasteiger partial charge in [-0.1, -0.05) is 0 Å². The molecule has 0 amide bonds. The number of hydrogen-bond donors (Lipinski definition) is 0. The number of alkyl halides is 8. The van der Waals surface area contributed by atoms with Crippen molar-refractivity contribution < 1.29 is 44.6 Å². The Kier molecular flexibility index (Phi) is 4.06. The molecule has 0 rings (SSSR count). The van der Waals surface area contributed by atoms with E-state index in [0.717, 1.165) is 0 Å². The summed E-state index contributed by atoms with van der Waals surface area (Å²) in [6.45, 7) is -4.14. The summed E-state index contributed by atoms with van der Waals surface area (Å²) in [6.07, 6.45) is -15.7. The van der Waals surface area contributed by atoms with Crippen LogP contribution in [0.2, 0.25) is 0 Å². The van der Waals surface area contributed by atoms with E-state index in [1.807, 2.05) is 0 Å². The molecule has 2 nitrogen and oxygen atoms in total. The molecule has 0 N–H and O–H groups in total. The highest BCUT2D eigenvalue weighted by molar-refractivity contribution is 4.56. The Balaban J connectivity index is 4.34. The van der Waals surface area contributed by atoms with E-state index in [0.29, 0.717) is 0 Å². The van der Waals surface area contributed by atoms with Crippen molar-refractivity contribution >= 4 is 0 Å². The molecule has 0 unspecified atom stereocenters. The molecular weight excluding hydrogens is 232 g/mol. The van der Waals surface area contributed by atoms with E-state index >= 15 is 0 Å². The Labute approximate surface area is 71.4 Å². The molecule has 14 heavy (non-hydrogen) atoms. The monoisotopic (exact) mass is 234 g/mol. The average molecular weight is 234 g/mol. The maximum atomic E-state index is 11.8. The third-order valence-corrected chi connectivity index (χ3v) is 0.735. The van der Waals surface area contributed by atoms with Gasteiger partial charge in [0.05, 0.1) is 0 Å². The minimum atomic E-state index is -5.57. The maximum Gasteiger partial charge on any atom is 0.494 e. The molecule has 0 atom stereocenters. The van der Waals surface area contributed by atoms with Crippen LogP contribution in [0, 0.1) is 0 Å². The first-order chi connectivity index (χ1) is 6.07. The zero-order chi connectivity index (χ0) is 11.6. The van der Waals surface area contributed by atoms with Gasteiger partial charge in [-0.25, -0.2) is 18.3 Å². The number of hydrogen-bond acceptors (Lipinski definition) is 2. The topological polar surface area (TPSA) is 18.5 Å². The molecule has 0 saturated carbocycles. The van der Waals surface area contributed by atoms with E-state index in [2.05, 4.69) is 9.47 Å². The first kappa shape index (κ1) is 13.4. The summed E-state index contributed by atoms with van der Waals surface area (Å²) >= 11 is 0. The van der Waals surface area contributed by atoms with E-state index in [9.17, 15) is 35.1 Å². The Morgan fingerprint density at radius 1 is 0.857 bits per heavy atom. The molecular formula is C4H2F8O2. The molecule has 0 fully saturated rings. The van der Waals surface area contributed by atoms with Crippen LogP contribution in [-0.4, -0.2) is 25.4 Å². The van der Waals surface area contributed by atoms with E-state index in [1.165, 1.54) is 0 Å². The normalized spacial score (nSPS) is 14.1. The van der Waals surface area contributed by atoms with Gasteiger partial charge in [0.15, 0.2) is 0 Å². The molecule has 0 spiro atoms. The summed E-state index contributed by atoms with van der Waals surface area (Å²) in [4.78, 5) is 0. The largest absolute Gasteiger partial charge is 0.494 e. The maximum absolute atomic E-state index is 11.8. The zero-order valence-electron chi connectivity index (χ0n) is 5.99. The molecule has 0 aromatic carbocycles. The highest BCUT2D eigenvalue weighted by Gasteiger charge is 2.53. The molecule has 86 valence electrons. The Hall–Kier alpha value is -0.640. The molecule has 0 bridgehead atoms. The smallest absolute Gasteiger partial charge is 0.232 e. The second kappa shape index (κ2) is 4.26. The van der Waals surface area contributed by atoms with Gasteiger partial charge in [0, 0.05) is 0 Å². The first-order valence-electron chi connectivity index (χ1n) is 2.77. The van der Waals surface area contributed by atoms with Crippen molar-refractivity contribution in [1.82, 2.24) is 0 Å². The molecule has 0 aromatic rings. The van der Waals surface area contributed by atoms with Crippen LogP contribution in [0.1, 0.15) is 0 Å². The fourth-order valence-corrected chi connectivity index (χ4v) is 0.331. The molecule has 0 aliphatic rings. The van der Waals surface area contributed by atoms with Crippen LogP contribution in [0.25, 0.3) is 0 Å². The first-order valence-corrected chi connectivity index (χ1v) is 2.77. The van der Waals surface area contributed by atoms with Crippen LogP contribution in [0.5, 0.6) is 0 Å². The Morgan fingerprint density at radius 2 is 1.29 bits per heavy atom. The van der Waals surface area contributed by atoms with Crippen LogP contribution in [0.15, 0.2) is 0 Å². The van der Waals surface area contributed by atoms with Gasteiger partial charge in [0.25, 0.3) is 0 Å². The predicted molar refractivity (Wildman–Crippen MR) is 24.1 cm³/mol. The zero-order valence-corrected chi connectivity index (χ0v) is 5.99. The Morgan fingerprint density at radius 3 is 1.57 bits per heavy atom. The fourth-order valence-electron chi connectivity index (χ4n) is 0.331. The van der Waals surface area contributed by atoms with Crippen molar-refractivity contribution in [3.8, 4) is 0 Å². The molecule has 0 saturated heterocycles. The van der Waals surface area contributed by atoms with Crippen LogP contribution < -0.4 is 0 Å². The third-order valence-electron chi connectivity index (χ3n) is 0.735. The number of rotatable bonds is 5. The fraction of sp³-hybridized carbons (Fsp3) is 1.00. The summed E-state index contributed by atoms with van der Waals surface area (Å²) in [6, 6.07) is 0. The lowest BCUT2D eigenvalue weighted by Crippen LogP contribution is -2.40. The van der Waals surface area contributed by atoms with Gasteiger partial charge in [-0.2, -0.15) is 17.6 Å². The van der Waals surface area contributed by atoms with Crippen molar-refractivity contribution in [3.05, 3.63) is 0 Å². The highest BCUT2D eigenvalue weighted by Crippen LogP contribution is 2.33. The van der Waals surface area contributed by atoms with E-state index in [1.54, 1.807) is 0 Å². The number of ether oxygens (including phenoxy) is 2. The predicted octanol–water partition coefficient (Wildman–Crippen LogP) is 2.65. The van der Waals surface area contributed by atoms with Gasteiger partial charge >= 0.3 is 25.4 Å². The molecule has 0 radical (unpaired) electrons. The van der Waals surface area contributed by atoms with Crippen LogP contribution in [0.3, 0.4) is 0 Å². The third kappa shape index (κ3) is 4.56. The van der Waals surface area contributed by atoms with Crippen molar-refractivity contribution in [1.29, 1.82) is 0 Å². The summed E-state index contributed by atoms with van der Waals surface area (Å²) in [5.74, 6) is 0. The highest BCUT2D eigenvalue weighted by atomic mass is 19.3. The van der Waals surface area contributed by atoms with Crippen LogP contribution in [-0.2, 0) is 9.47 Å². The second-order valence-electron chi connectivity index (χ2n) is 1.81. The lowest BCUT2D eigenvalue weighted by atomic mass is 10.6. The number of halogens is 8. The molecule has 10 heteroatoms. The van der Waals surface area contributed by atoms with Gasteiger partial charge in [-0.05, 0) is 0 Å². The molecule has 0 aromatic heterocycles. The summed E-state index contributed by atoms with van der Waals surface area (Å²) < 4.78 is 96.0. The quantitative estimate of drug-likeness (QED) is 0.537. The van der Waals surface area contributed by atoms with Gasteiger partial charge in [0.1, 0.15) is 0 Å². The SMILES string of the molecule is FC(F)OC(F)(F)OC(F)(F)C(F)F. The van der Waals surface area contributed by atoms with E-state index in [4.69, 9.17) is 0 Å². The summed E-state index contributed by atoms with van der Waals surface area (Å²) in [5, 5.41) is 0. The molecule has 0 heterocycles. The Bertz CT molecular complexity index is 180. The van der Waals surface area contributed by atoms with Gasteiger partial charge in [-0.3, -0.25) is 0 Å². The minimum Gasteiger partial charge on any atom is -0.232 e.